The maximum absolute atomic E-state index is 11.5. The van der Waals surface area contributed by atoms with Crippen molar-refractivity contribution in [3.8, 4) is 0 Å². The fourth-order valence-electron chi connectivity index (χ4n) is 1.79. The van der Waals surface area contributed by atoms with Crippen LogP contribution in [0.4, 0.5) is 0 Å². The Morgan fingerprint density at radius 3 is 2.00 bits per heavy atom. The minimum Gasteiger partial charge on any atom is -0.335 e. The number of rotatable bonds is 1. The zero-order chi connectivity index (χ0) is 9.46. The first-order valence-electron chi connectivity index (χ1n) is 4.27. The van der Waals surface area contributed by atoms with E-state index in [2.05, 4.69) is 0 Å². The van der Waals surface area contributed by atoms with Gasteiger partial charge in [0.05, 0.1) is 12.0 Å². The van der Waals surface area contributed by atoms with E-state index < -0.39 is 5.92 Å². The summed E-state index contributed by atoms with van der Waals surface area (Å²) in [4.78, 5) is 24.4. The van der Waals surface area contributed by atoms with Crippen LogP contribution in [0.25, 0.3) is 0 Å². The minimum absolute atomic E-state index is 0.0429. The molecule has 1 amide bonds. The molecule has 2 atom stereocenters. The summed E-state index contributed by atoms with van der Waals surface area (Å²) < 4.78 is 0. The predicted octanol–water partition coefficient (Wildman–Crippen LogP) is 0.688. The van der Waals surface area contributed by atoms with Gasteiger partial charge in [-0.3, -0.25) is 9.59 Å². The van der Waals surface area contributed by atoms with Gasteiger partial charge in [-0.1, -0.05) is 13.8 Å². The van der Waals surface area contributed by atoms with Crippen molar-refractivity contribution in [3.63, 3.8) is 0 Å². The lowest BCUT2D eigenvalue weighted by Gasteiger charge is -2.21. The molecule has 2 unspecified atom stereocenters. The van der Waals surface area contributed by atoms with Crippen molar-refractivity contribution < 1.29 is 9.59 Å². The van der Waals surface area contributed by atoms with Gasteiger partial charge in [0, 0.05) is 7.05 Å². The molecule has 1 saturated heterocycles. The van der Waals surface area contributed by atoms with Crippen LogP contribution >= 0.6 is 0 Å². The van der Waals surface area contributed by atoms with Gasteiger partial charge in [-0.05, 0) is 12.8 Å². The molecule has 0 saturated carbocycles. The molecule has 12 heavy (non-hydrogen) atoms. The standard InChI is InChI=1S/C9H15NO2/c1-5(2)7-8(11)6(3)9(12)10(7)4/h5-7H,1-4H3. The van der Waals surface area contributed by atoms with Crippen LogP contribution in [0.3, 0.4) is 0 Å². The van der Waals surface area contributed by atoms with E-state index in [4.69, 9.17) is 0 Å². The van der Waals surface area contributed by atoms with E-state index in [-0.39, 0.29) is 23.7 Å². The van der Waals surface area contributed by atoms with Crippen LogP contribution in [-0.4, -0.2) is 29.7 Å². The second-order valence-electron chi connectivity index (χ2n) is 3.76. The third kappa shape index (κ3) is 1.13. The highest BCUT2D eigenvalue weighted by Crippen LogP contribution is 2.24. The summed E-state index contributed by atoms with van der Waals surface area (Å²) in [5.74, 6) is -0.185. The number of likely N-dealkylation sites (tertiary alicyclic amines) is 1. The number of hydrogen-bond donors (Lipinski definition) is 0. The molecule has 1 fully saturated rings. The highest BCUT2D eigenvalue weighted by Gasteiger charge is 2.43. The summed E-state index contributed by atoms with van der Waals surface area (Å²) in [6, 6.07) is -0.201. The lowest BCUT2D eigenvalue weighted by atomic mass is 9.97. The number of amides is 1. The Labute approximate surface area is 72.7 Å². The molecule has 1 aliphatic rings. The summed E-state index contributed by atoms with van der Waals surface area (Å²) in [6.07, 6.45) is 0. The van der Waals surface area contributed by atoms with E-state index in [0.29, 0.717) is 0 Å². The van der Waals surface area contributed by atoms with Gasteiger partial charge < -0.3 is 4.90 Å². The summed E-state index contributed by atoms with van der Waals surface area (Å²) >= 11 is 0. The highest BCUT2D eigenvalue weighted by atomic mass is 16.2. The predicted molar refractivity (Wildman–Crippen MR) is 45.6 cm³/mol. The Balaban J connectivity index is 2.91. The molecule has 0 aromatic rings. The van der Waals surface area contributed by atoms with Gasteiger partial charge in [0.2, 0.25) is 5.91 Å². The molecular weight excluding hydrogens is 154 g/mol. The first-order valence-corrected chi connectivity index (χ1v) is 4.27. The van der Waals surface area contributed by atoms with Gasteiger partial charge in [0.25, 0.3) is 0 Å². The molecule has 0 bridgehead atoms. The van der Waals surface area contributed by atoms with Gasteiger partial charge in [0.15, 0.2) is 5.78 Å². The number of likely N-dealkylation sites (N-methyl/N-ethyl adjacent to an activating group) is 1. The Hall–Kier alpha value is -0.860. The Bertz CT molecular complexity index is 223. The number of Topliss-reactive ketones (excluding diaryl/α,β-unsaturated/α-hetero) is 1. The number of hydrogen-bond acceptors (Lipinski definition) is 2. The second kappa shape index (κ2) is 2.88. The average molecular weight is 169 g/mol. The van der Waals surface area contributed by atoms with Crippen LogP contribution < -0.4 is 0 Å². The fraction of sp³-hybridized carbons (Fsp3) is 0.778. The van der Waals surface area contributed by atoms with E-state index in [1.165, 1.54) is 0 Å². The van der Waals surface area contributed by atoms with Crippen LogP contribution in [0, 0.1) is 11.8 Å². The van der Waals surface area contributed by atoms with Crippen molar-refractivity contribution in [1.29, 1.82) is 0 Å². The maximum Gasteiger partial charge on any atom is 0.233 e. The van der Waals surface area contributed by atoms with Crippen molar-refractivity contribution >= 4 is 11.7 Å². The van der Waals surface area contributed by atoms with E-state index in [0.717, 1.165) is 0 Å². The van der Waals surface area contributed by atoms with Crippen molar-refractivity contribution in [2.45, 2.75) is 26.8 Å². The molecule has 0 aromatic heterocycles. The number of nitrogens with zero attached hydrogens (tertiary/aromatic N) is 1. The summed E-state index contributed by atoms with van der Waals surface area (Å²) in [5.41, 5.74) is 0. The lowest BCUT2D eigenvalue weighted by molar-refractivity contribution is -0.131. The molecule has 1 aliphatic heterocycles. The second-order valence-corrected chi connectivity index (χ2v) is 3.76. The smallest absolute Gasteiger partial charge is 0.233 e. The Morgan fingerprint density at radius 2 is 1.83 bits per heavy atom. The number of carbonyl (C=O) groups is 2. The first-order chi connectivity index (χ1) is 5.46. The van der Waals surface area contributed by atoms with Gasteiger partial charge in [-0.15, -0.1) is 0 Å². The topological polar surface area (TPSA) is 37.4 Å². The van der Waals surface area contributed by atoms with Gasteiger partial charge in [-0.2, -0.15) is 0 Å². The summed E-state index contributed by atoms with van der Waals surface area (Å²) in [6.45, 7) is 5.61. The zero-order valence-electron chi connectivity index (χ0n) is 8.00. The van der Waals surface area contributed by atoms with E-state index in [1.807, 2.05) is 13.8 Å². The van der Waals surface area contributed by atoms with Crippen molar-refractivity contribution in [3.05, 3.63) is 0 Å². The highest BCUT2D eigenvalue weighted by molar-refractivity contribution is 6.09. The van der Waals surface area contributed by atoms with E-state index in [1.54, 1.807) is 18.9 Å². The molecule has 0 spiro atoms. The van der Waals surface area contributed by atoms with Gasteiger partial charge in [-0.25, -0.2) is 0 Å². The van der Waals surface area contributed by atoms with Crippen LogP contribution in [-0.2, 0) is 9.59 Å². The van der Waals surface area contributed by atoms with Crippen LogP contribution in [0.15, 0.2) is 0 Å². The lowest BCUT2D eigenvalue weighted by Crippen LogP contribution is -2.36. The monoisotopic (exact) mass is 169 g/mol. The minimum atomic E-state index is -0.428. The summed E-state index contributed by atoms with van der Waals surface area (Å²) in [7, 11) is 1.70. The van der Waals surface area contributed by atoms with E-state index in [9.17, 15) is 9.59 Å². The molecule has 1 rings (SSSR count). The van der Waals surface area contributed by atoms with Crippen molar-refractivity contribution in [2.24, 2.45) is 11.8 Å². The molecule has 1 heterocycles. The van der Waals surface area contributed by atoms with Crippen molar-refractivity contribution in [1.82, 2.24) is 4.90 Å². The molecule has 0 aliphatic carbocycles. The summed E-state index contributed by atoms with van der Waals surface area (Å²) in [5, 5.41) is 0. The molecule has 0 N–H and O–H groups in total. The Morgan fingerprint density at radius 1 is 1.33 bits per heavy atom. The number of carbonyl (C=O) groups excluding carboxylic acids is 2. The largest absolute Gasteiger partial charge is 0.335 e. The van der Waals surface area contributed by atoms with Crippen molar-refractivity contribution in [2.75, 3.05) is 7.05 Å². The number of ketones is 1. The van der Waals surface area contributed by atoms with Crippen LogP contribution in [0.1, 0.15) is 20.8 Å². The fourth-order valence-corrected chi connectivity index (χ4v) is 1.79. The average Bonchev–Trinajstić information content (AvgIpc) is 2.16. The third-order valence-corrected chi connectivity index (χ3v) is 2.49. The Kier molecular flexibility index (Phi) is 2.22. The SMILES string of the molecule is CC1C(=O)C(C(C)C)N(C)C1=O. The molecular formula is C9H15NO2. The molecule has 3 heteroatoms. The van der Waals surface area contributed by atoms with Gasteiger partial charge in [0.1, 0.15) is 0 Å². The zero-order valence-corrected chi connectivity index (χ0v) is 8.00. The molecule has 3 nitrogen and oxygen atoms in total. The maximum atomic E-state index is 11.5. The normalized spacial score (nSPS) is 30.6. The molecule has 0 aromatic carbocycles. The van der Waals surface area contributed by atoms with Crippen LogP contribution in [0.5, 0.6) is 0 Å². The molecule has 0 radical (unpaired) electrons. The molecule has 68 valence electrons. The first kappa shape index (κ1) is 9.23. The van der Waals surface area contributed by atoms with Crippen LogP contribution in [0.2, 0.25) is 0 Å². The quantitative estimate of drug-likeness (QED) is 0.541. The van der Waals surface area contributed by atoms with E-state index >= 15 is 0 Å². The third-order valence-electron chi connectivity index (χ3n) is 2.49. The van der Waals surface area contributed by atoms with Gasteiger partial charge >= 0.3 is 0 Å².